The Labute approximate surface area is 207 Å². The molecule has 4 aromatic rings. The molecule has 1 N–H and O–H groups in total. The highest BCUT2D eigenvalue weighted by molar-refractivity contribution is 6.45. The van der Waals surface area contributed by atoms with E-state index in [1.807, 2.05) is 50.2 Å². The van der Waals surface area contributed by atoms with Crippen LogP contribution in [0.5, 0.6) is 0 Å². The number of ketones is 2. The van der Waals surface area contributed by atoms with E-state index in [1.54, 1.807) is 48.5 Å². The smallest absolute Gasteiger partial charge is 0.339 e. The van der Waals surface area contributed by atoms with Gasteiger partial charge in [-0.1, -0.05) is 72.3 Å². The quantitative estimate of drug-likeness (QED) is 0.174. The summed E-state index contributed by atoms with van der Waals surface area (Å²) >= 11 is 0. The van der Waals surface area contributed by atoms with E-state index < -0.39 is 35.5 Å². The molecule has 1 aliphatic rings. The van der Waals surface area contributed by atoms with Gasteiger partial charge >= 0.3 is 5.97 Å². The van der Waals surface area contributed by atoms with Crippen molar-refractivity contribution in [1.82, 2.24) is 0 Å². The molecule has 5 rings (SSSR count). The maximum absolute atomic E-state index is 13.8. The number of fused-ring (bicyclic) bond motifs is 2. The number of aryl methyl sites for hydroxylation is 2. The van der Waals surface area contributed by atoms with Crippen LogP contribution in [0.3, 0.4) is 0 Å². The Balaban J connectivity index is 1.54. The summed E-state index contributed by atoms with van der Waals surface area (Å²) in [5.41, 5.74) is 3.21. The van der Waals surface area contributed by atoms with Crippen LogP contribution in [0.25, 0.3) is 10.8 Å². The first-order valence-electron chi connectivity index (χ1n) is 11.6. The summed E-state index contributed by atoms with van der Waals surface area (Å²) in [4.78, 5) is 53.1. The Bertz CT molecular complexity index is 1550. The van der Waals surface area contributed by atoms with Crippen LogP contribution >= 0.6 is 0 Å². The van der Waals surface area contributed by atoms with Gasteiger partial charge in [-0.05, 0) is 48.4 Å². The molecule has 0 unspecified atom stereocenters. The van der Waals surface area contributed by atoms with Crippen LogP contribution in [0.1, 0.15) is 43.5 Å². The molecule has 0 aromatic heterocycles. The topological polar surface area (TPSA) is 89.5 Å². The first-order valence-corrected chi connectivity index (χ1v) is 11.6. The van der Waals surface area contributed by atoms with Crippen molar-refractivity contribution in [2.75, 3.05) is 5.32 Å². The lowest BCUT2D eigenvalue weighted by atomic mass is 9.84. The Kier molecular flexibility index (Phi) is 5.94. The van der Waals surface area contributed by atoms with Crippen LogP contribution < -0.4 is 5.32 Å². The number of ether oxygens (including phenoxy) is 1. The van der Waals surface area contributed by atoms with Crippen LogP contribution in [-0.4, -0.2) is 23.4 Å². The van der Waals surface area contributed by atoms with Gasteiger partial charge in [0.1, 0.15) is 12.0 Å². The summed E-state index contributed by atoms with van der Waals surface area (Å²) in [5, 5.41) is 4.38. The minimum Gasteiger partial charge on any atom is -0.453 e. The van der Waals surface area contributed by atoms with E-state index in [0.717, 1.165) is 21.9 Å². The summed E-state index contributed by atoms with van der Waals surface area (Å²) in [6, 6.07) is 24.6. The highest BCUT2D eigenvalue weighted by Gasteiger charge is 2.46. The number of cyclic esters (lactones) is 1. The zero-order valence-corrected chi connectivity index (χ0v) is 19.8. The van der Waals surface area contributed by atoms with Crippen molar-refractivity contribution < 1.29 is 23.9 Å². The molecule has 0 saturated heterocycles. The number of carbonyl (C=O) groups is 4. The predicted octanol–water partition coefficient (Wildman–Crippen LogP) is 5.38. The van der Waals surface area contributed by atoms with E-state index in [2.05, 4.69) is 5.32 Å². The number of hydrogen-bond acceptors (Lipinski definition) is 5. The first kappa shape index (κ1) is 23.2. The van der Waals surface area contributed by atoms with Crippen LogP contribution in [-0.2, 0) is 14.3 Å². The minimum atomic E-state index is -1.54. The van der Waals surface area contributed by atoms with E-state index in [4.69, 9.17) is 4.74 Å². The number of carbonyl (C=O) groups excluding carboxylic acids is 4. The van der Waals surface area contributed by atoms with Crippen LogP contribution in [0.4, 0.5) is 5.69 Å². The Morgan fingerprint density at radius 1 is 0.833 bits per heavy atom. The molecule has 0 fully saturated rings. The molecule has 0 aliphatic carbocycles. The van der Waals surface area contributed by atoms with E-state index in [9.17, 15) is 19.2 Å². The Morgan fingerprint density at radius 2 is 1.56 bits per heavy atom. The summed E-state index contributed by atoms with van der Waals surface area (Å²) in [5.74, 6) is -4.67. The van der Waals surface area contributed by atoms with Gasteiger partial charge in [0.25, 0.3) is 5.91 Å². The molecule has 178 valence electrons. The van der Waals surface area contributed by atoms with Crippen molar-refractivity contribution >= 4 is 39.9 Å². The number of esters is 1. The van der Waals surface area contributed by atoms with Gasteiger partial charge in [-0.2, -0.15) is 0 Å². The average molecular weight is 478 g/mol. The van der Waals surface area contributed by atoms with Crippen molar-refractivity contribution in [3.63, 3.8) is 0 Å². The van der Waals surface area contributed by atoms with E-state index >= 15 is 0 Å². The summed E-state index contributed by atoms with van der Waals surface area (Å²) in [7, 11) is 0. The lowest BCUT2D eigenvalue weighted by Crippen LogP contribution is -2.38. The summed E-state index contributed by atoms with van der Waals surface area (Å²) < 4.78 is 5.52. The average Bonchev–Trinajstić information content (AvgIpc) is 3.21. The minimum absolute atomic E-state index is 0.256. The summed E-state index contributed by atoms with van der Waals surface area (Å²) in [6.45, 7) is 3.74. The zero-order chi connectivity index (χ0) is 25.4. The molecular weight excluding hydrogens is 454 g/mol. The number of nitrogens with one attached hydrogen (secondary N) is 1. The van der Waals surface area contributed by atoms with Crippen LogP contribution in [0.2, 0.25) is 0 Å². The zero-order valence-electron chi connectivity index (χ0n) is 19.8. The van der Waals surface area contributed by atoms with Crippen LogP contribution in [0.15, 0.2) is 84.9 Å². The van der Waals surface area contributed by atoms with E-state index in [-0.39, 0.29) is 11.1 Å². The predicted molar refractivity (Wildman–Crippen MR) is 136 cm³/mol. The highest BCUT2D eigenvalue weighted by atomic mass is 16.5. The lowest BCUT2D eigenvalue weighted by molar-refractivity contribution is -0.138. The molecule has 0 spiro atoms. The van der Waals surface area contributed by atoms with Gasteiger partial charge in [0, 0.05) is 16.8 Å². The molecule has 6 heteroatoms. The standard InChI is InChI=1S/C30H23NO5/c1-17-11-14-24(18(2)15-17)31-29(34)27(33)25(28-22-9-5-6-10-23(22)30(35)36-28)26(32)21-13-12-19-7-3-4-8-20(19)16-21/h3-16,25,28H,1-2H3,(H,31,34)/t25-,28+/m0/s1. The molecule has 1 amide bonds. The molecule has 2 atom stereocenters. The largest absolute Gasteiger partial charge is 0.453 e. The van der Waals surface area contributed by atoms with E-state index in [0.29, 0.717) is 11.3 Å². The second kappa shape index (κ2) is 9.23. The van der Waals surface area contributed by atoms with Gasteiger partial charge in [0.05, 0.1) is 5.56 Å². The third-order valence-electron chi connectivity index (χ3n) is 6.48. The summed E-state index contributed by atoms with van der Waals surface area (Å²) in [6.07, 6.45) is -1.20. The number of benzene rings is 4. The maximum Gasteiger partial charge on any atom is 0.339 e. The number of rotatable bonds is 6. The monoisotopic (exact) mass is 477 g/mol. The number of hydrogen-bond donors (Lipinski definition) is 1. The van der Waals surface area contributed by atoms with Gasteiger partial charge in [-0.25, -0.2) is 4.79 Å². The Hall–Kier alpha value is -4.58. The van der Waals surface area contributed by atoms with Gasteiger partial charge in [0.15, 0.2) is 5.78 Å². The van der Waals surface area contributed by atoms with Crippen molar-refractivity contribution in [1.29, 1.82) is 0 Å². The molecule has 36 heavy (non-hydrogen) atoms. The lowest BCUT2D eigenvalue weighted by Gasteiger charge is -2.21. The van der Waals surface area contributed by atoms with Gasteiger partial charge in [-0.15, -0.1) is 0 Å². The second-order valence-electron chi connectivity index (χ2n) is 8.95. The Morgan fingerprint density at radius 3 is 2.33 bits per heavy atom. The molecule has 4 aromatic carbocycles. The van der Waals surface area contributed by atoms with Gasteiger partial charge < -0.3 is 10.1 Å². The maximum atomic E-state index is 13.8. The normalized spacial score (nSPS) is 15.2. The highest BCUT2D eigenvalue weighted by Crippen LogP contribution is 2.38. The van der Waals surface area contributed by atoms with Crippen molar-refractivity contribution in [3.05, 3.63) is 113 Å². The molecule has 1 heterocycles. The molecule has 6 nitrogen and oxygen atoms in total. The number of Topliss-reactive ketones (excluding diaryl/α,β-unsaturated/α-hetero) is 2. The van der Waals surface area contributed by atoms with Crippen molar-refractivity contribution in [2.24, 2.45) is 5.92 Å². The third-order valence-corrected chi connectivity index (χ3v) is 6.48. The molecule has 0 radical (unpaired) electrons. The fourth-order valence-electron chi connectivity index (χ4n) is 4.62. The second-order valence-corrected chi connectivity index (χ2v) is 8.95. The van der Waals surface area contributed by atoms with Crippen molar-refractivity contribution in [2.45, 2.75) is 20.0 Å². The SMILES string of the molecule is Cc1ccc(NC(=O)C(=O)[C@H](C(=O)c2ccc3ccccc3c2)[C@@H]2OC(=O)c3ccccc32)c(C)c1. The third kappa shape index (κ3) is 4.18. The van der Waals surface area contributed by atoms with Gasteiger partial charge in [-0.3, -0.25) is 14.4 Å². The fourth-order valence-corrected chi connectivity index (χ4v) is 4.62. The first-order chi connectivity index (χ1) is 17.3. The molecular formula is C30H23NO5. The van der Waals surface area contributed by atoms with Crippen molar-refractivity contribution in [3.8, 4) is 0 Å². The molecule has 1 aliphatic heterocycles. The molecule has 0 saturated carbocycles. The van der Waals surface area contributed by atoms with Gasteiger partial charge in [0.2, 0.25) is 5.78 Å². The van der Waals surface area contributed by atoms with Crippen LogP contribution in [0, 0.1) is 19.8 Å². The number of anilines is 1. The molecule has 0 bridgehead atoms. The fraction of sp³-hybridized carbons (Fsp3) is 0.133. The van der Waals surface area contributed by atoms with E-state index in [1.165, 1.54) is 0 Å². The number of amides is 1.